The maximum absolute atomic E-state index is 4.37. The number of pyridine rings is 1. The van der Waals surface area contributed by atoms with Gasteiger partial charge in [-0.15, -0.1) is 0 Å². The van der Waals surface area contributed by atoms with Gasteiger partial charge in [0.05, 0.1) is 11.9 Å². The lowest BCUT2D eigenvalue weighted by molar-refractivity contribution is 0.200. The zero-order chi connectivity index (χ0) is 13.3. The molecule has 1 saturated heterocycles. The van der Waals surface area contributed by atoms with Crippen molar-refractivity contribution in [1.29, 1.82) is 0 Å². The SMILES string of the molecule is Cc1cncc(N2CC3(CCCCC3)NCC2C)c1. The molecule has 1 aliphatic carbocycles. The minimum absolute atomic E-state index is 0.356. The van der Waals surface area contributed by atoms with Crippen LogP contribution in [0.25, 0.3) is 0 Å². The fourth-order valence-corrected chi connectivity index (χ4v) is 3.62. The van der Waals surface area contributed by atoms with Gasteiger partial charge in [-0.2, -0.15) is 0 Å². The summed E-state index contributed by atoms with van der Waals surface area (Å²) in [6, 6.07) is 2.82. The fraction of sp³-hybridized carbons (Fsp3) is 0.688. The Hall–Kier alpha value is -1.09. The lowest BCUT2D eigenvalue weighted by Gasteiger charge is -2.49. The lowest BCUT2D eigenvalue weighted by atomic mass is 9.79. The highest BCUT2D eigenvalue weighted by Crippen LogP contribution is 2.33. The predicted molar refractivity (Wildman–Crippen MR) is 79.6 cm³/mol. The van der Waals surface area contributed by atoms with E-state index >= 15 is 0 Å². The van der Waals surface area contributed by atoms with Crippen LogP contribution in [-0.4, -0.2) is 29.7 Å². The molecule has 3 heteroatoms. The highest BCUT2D eigenvalue weighted by molar-refractivity contribution is 5.48. The van der Waals surface area contributed by atoms with Crippen molar-refractivity contribution in [2.75, 3.05) is 18.0 Å². The van der Waals surface area contributed by atoms with E-state index in [9.17, 15) is 0 Å². The first-order chi connectivity index (χ1) is 9.19. The minimum Gasteiger partial charge on any atom is -0.364 e. The molecule has 1 N–H and O–H groups in total. The molecule has 1 aromatic heterocycles. The Morgan fingerprint density at radius 3 is 2.79 bits per heavy atom. The normalized spacial score (nSPS) is 26.6. The summed E-state index contributed by atoms with van der Waals surface area (Å²) in [6.45, 7) is 6.66. The van der Waals surface area contributed by atoms with Crippen LogP contribution in [0.5, 0.6) is 0 Å². The van der Waals surface area contributed by atoms with Crippen LogP contribution in [0.2, 0.25) is 0 Å². The monoisotopic (exact) mass is 259 g/mol. The maximum Gasteiger partial charge on any atom is 0.0558 e. The second-order valence-electron chi connectivity index (χ2n) is 6.42. The average molecular weight is 259 g/mol. The quantitative estimate of drug-likeness (QED) is 0.840. The number of piperazine rings is 1. The summed E-state index contributed by atoms with van der Waals surface area (Å²) in [5.74, 6) is 0. The van der Waals surface area contributed by atoms with Crippen molar-refractivity contribution in [2.45, 2.75) is 57.5 Å². The number of aromatic nitrogens is 1. The molecule has 2 fully saturated rings. The number of nitrogens with zero attached hydrogens (tertiary/aromatic N) is 2. The summed E-state index contributed by atoms with van der Waals surface area (Å²) in [7, 11) is 0. The topological polar surface area (TPSA) is 28.2 Å². The largest absolute Gasteiger partial charge is 0.364 e. The van der Waals surface area contributed by atoms with Gasteiger partial charge < -0.3 is 10.2 Å². The van der Waals surface area contributed by atoms with Crippen LogP contribution < -0.4 is 10.2 Å². The molecule has 2 heterocycles. The number of anilines is 1. The Bertz CT molecular complexity index is 437. The van der Waals surface area contributed by atoms with E-state index in [1.807, 2.05) is 12.4 Å². The van der Waals surface area contributed by atoms with E-state index < -0.39 is 0 Å². The van der Waals surface area contributed by atoms with Crippen molar-refractivity contribution in [1.82, 2.24) is 10.3 Å². The zero-order valence-electron chi connectivity index (χ0n) is 12.2. The molecular weight excluding hydrogens is 234 g/mol. The van der Waals surface area contributed by atoms with Crippen LogP contribution in [0.1, 0.15) is 44.6 Å². The van der Waals surface area contributed by atoms with Crippen LogP contribution >= 0.6 is 0 Å². The molecule has 0 bridgehead atoms. The molecular formula is C16H25N3. The number of hydrogen-bond acceptors (Lipinski definition) is 3. The van der Waals surface area contributed by atoms with E-state index in [-0.39, 0.29) is 0 Å². The summed E-state index contributed by atoms with van der Waals surface area (Å²) < 4.78 is 0. The molecule has 0 radical (unpaired) electrons. The lowest BCUT2D eigenvalue weighted by Crippen LogP contribution is -2.64. The number of aryl methyl sites for hydroxylation is 1. The highest BCUT2D eigenvalue weighted by atomic mass is 15.3. The number of hydrogen-bond donors (Lipinski definition) is 1. The smallest absolute Gasteiger partial charge is 0.0558 e. The molecule has 3 rings (SSSR count). The van der Waals surface area contributed by atoms with E-state index in [0.717, 1.165) is 13.1 Å². The standard InChI is InChI=1S/C16H25N3/c1-13-8-15(11-17-9-13)19-12-16(18-10-14(19)2)6-4-3-5-7-16/h8-9,11,14,18H,3-7,10,12H2,1-2H3. The summed E-state index contributed by atoms with van der Waals surface area (Å²) in [6.07, 6.45) is 10.8. The molecule has 0 amide bonds. The van der Waals surface area contributed by atoms with Gasteiger partial charge >= 0.3 is 0 Å². The molecule has 1 aromatic rings. The zero-order valence-corrected chi connectivity index (χ0v) is 12.2. The van der Waals surface area contributed by atoms with Gasteiger partial charge in [0.2, 0.25) is 0 Å². The molecule has 1 saturated carbocycles. The van der Waals surface area contributed by atoms with E-state index in [4.69, 9.17) is 0 Å². The van der Waals surface area contributed by atoms with Crippen LogP contribution in [0, 0.1) is 6.92 Å². The van der Waals surface area contributed by atoms with Gasteiger partial charge in [0.1, 0.15) is 0 Å². The van der Waals surface area contributed by atoms with Crippen LogP contribution in [0.15, 0.2) is 18.5 Å². The molecule has 1 spiro atoms. The Kier molecular flexibility index (Phi) is 3.48. The third-order valence-electron chi connectivity index (χ3n) is 4.78. The fourth-order valence-electron chi connectivity index (χ4n) is 3.62. The number of nitrogens with one attached hydrogen (secondary N) is 1. The van der Waals surface area contributed by atoms with Gasteiger partial charge in [0.15, 0.2) is 0 Å². The van der Waals surface area contributed by atoms with Gasteiger partial charge in [-0.3, -0.25) is 4.98 Å². The molecule has 1 atom stereocenters. The van der Waals surface area contributed by atoms with Crippen molar-refractivity contribution < 1.29 is 0 Å². The van der Waals surface area contributed by atoms with Crippen LogP contribution in [0.3, 0.4) is 0 Å². The van der Waals surface area contributed by atoms with Crippen LogP contribution in [0.4, 0.5) is 5.69 Å². The second kappa shape index (κ2) is 5.12. The Balaban J connectivity index is 1.83. The minimum atomic E-state index is 0.356. The first kappa shape index (κ1) is 12.9. The van der Waals surface area contributed by atoms with E-state index in [0.29, 0.717) is 11.6 Å². The summed E-state index contributed by atoms with van der Waals surface area (Å²) in [4.78, 5) is 6.92. The Morgan fingerprint density at radius 2 is 2.05 bits per heavy atom. The average Bonchev–Trinajstić information content (AvgIpc) is 2.43. The molecule has 104 valence electrons. The van der Waals surface area contributed by atoms with Crippen molar-refractivity contribution in [3.63, 3.8) is 0 Å². The van der Waals surface area contributed by atoms with Crippen molar-refractivity contribution >= 4 is 5.69 Å². The summed E-state index contributed by atoms with van der Waals surface area (Å²) in [5.41, 5.74) is 2.90. The molecule has 19 heavy (non-hydrogen) atoms. The summed E-state index contributed by atoms with van der Waals surface area (Å²) >= 11 is 0. The third-order valence-corrected chi connectivity index (χ3v) is 4.78. The molecule has 1 aliphatic heterocycles. The van der Waals surface area contributed by atoms with Gasteiger partial charge in [0.25, 0.3) is 0 Å². The van der Waals surface area contributed by atoms with Gasteiger partial charge in [-0.25, -0.2) is 0 Å². The summed E-state index contributed by atoms with van der Waals surface area (Å²) in [5, 5.41) is 3.84. The maximum atomic E-state index is 4.37. The van der Waals surface area contributed by atoms with E-state index in [2.05, 4.69) is 35.1 Å². The molecule has 0 aromatic carbocycles. The van der Waals surface area contributed by atoms with E-state index in [1.54, 1.807) is 0 Å². The predicted octanol–water partition coefficient (Wildman–Crippen LogP) is 2.89. The van der Waals surface area contributed by atoms with Crippen molar-refractivity contribution in [2.24, 2.45) is 0 Å². The van der Waals surface area contributed by atoms with Crippen LogP contribution in [-0.2, 0) is 0 Å². The van der Waals surface area contributed by atoms with Crippen molar-refractivity contribution in [3.8, 4) is 0 Å². The van der Waals surface area contributed by atoms with Gasteiger partial charge in [-0.05, 0) is 38.3 Å². The van der Waals surface area contributed by atoms with E-state index in [1.165, 1.54) is 43.4 Å². The Labute approximate surface area is 116 Å². The third kappa shape index (κ3) is 2.62. The van der Waals surface area contributed by atoms with Gasteiger partial charge in [-0.1, -0.05) is 19.3 Å². The van der Waals surface area contributed by atoms with Gasteiger partial charge in [0, 0.05) is 30.9 Å². The van der Waals surface area contributed by atoms with Crippen molar-refractivity contribution in [3.05, 3.63) is 24.0 Å². The first-order valence-corrected chi connectivity index (χ1v) is 7.62. The first-order valence-electron chi connectivity index (χ1n) is 7.62. The molecule has 3 nitrogen and oxygen atoms in total. The highest BCUT2D eigenvalue weighted by Gasteiger charge is 2.38. The molecule has 1 unspecified atom stereocenters. The number of rotatable bonds is 1. The Morgan fingerprint density at radius 1 is 1.26 bits per heavy atom. The second-order valence-corrected chi connectivity index (χ2v) is 6.42. The molecule has 2 aliphatic rings.